The number of phenols is 1. The van der Waals surface area contributed by atoms with Gasteiger partial charge in [-0.25, -0.2) is 4.98 Å². The van der Waals surface area contributed by atoms with Gasteiger partial charge in [0.2, 0.25) is 5.88 Å². The molecular weight excluding hydrogens is 286 g/mol. The quantitative estimate of drug-likeness (QED) is 0.577. The molecule has 0 fully saturated rings. The Balaban J connectivity index is 1.94. The van der Waals surface area contributed by atoms with Gasteiger partial charge >= 0.3 is 0 Å². The molecule has 4 rings (SSSR count). The molecule has 2 N–H and O–H groups in total. The molecule has 3 nitrogen and oxygen atoms in total. The van der Waals surface area contributed by atoms with Gasteiger partial charge < -0.3 is 10.2 Å². The number of benzene rings is 3. The smallest absolute Gasteiger partial charge is 0.211 e. The van der Waals surface area contributed by atoms with Gasteiger partial charge in [0.05, 0.1) is 5.69 Å². The van der Waals surface area contributed by atoms with Crippen molar-refractivity contribution >= 4 is 21.5 Å². The molecule has 0 aliphatic rings. The van der Waals surface area contributed by atoms with E-state index >= 15 is 0 Å². The van der Waals surface area contributed by atoms with Crippen LogP contribution in [0.4, 0.5) is 0 Å². The van der Waals surface area contributed by atoms with Gasteiger partial charge in [0, 0.05) is 23.4 Å². The Hall–Kier alpha value is -3.07. The first-order valence-corrected chi connectivity index (χ1v) is 7.49. The van der Waals surface area contributed by atoms with Crippen molar-refractivity contribution in [1.82, 2.24) is 4.98 Å². The molecule has 0 spiro atoms. The van der Waals surface area contributed by atoms with E-state index in [2.05, 4.69) is 4.98 Å². The zero-order valence-electron chi connectivity index (χ0n) is 12.4. The molecule has 0 saturated heterocycles. The SMILES string of the molecule is Oc1cc2ccccc2c(Cc2c(O)ccc3ccccc23)n1. The van der Waals surface area contributed by atoms with E-state index in [1.54, 1.807) is 12.1 Å². The maximum atomic E-state index is 10.3. The average molecular weight is 301 g/mol. The van der Waals surface area contributed by atoms with Gasteiger partial charge in [0.1, 0.15) is 5.75 Å². The Kier molecular flexibility index (Phi) is 3.12. The Bertz CT molecular complexity index is 1020. The molecule has 0 amide bonds. The molecular formula is C20H15NO2. The first-order chi connectivity index (χ1) is 11.2. The van der Waals surface area contributed by atoms with E-state index in [-0.39, 0.29) is 11.6 Å². The van der Waals surface area contributed by atoms with Crippen LogP contribution in [0.25, 0.3) is 21.5 Å². The first kappa shape index (κ1) is 13.6. The maximum absolute atomic E-state index is 10.3. The van der Waals surface area contributed by atoms with Crippen LogP contribution in [0.1, 0.15) is 11.3 Å². The van der Waals surface area contributed by atoms with Gasteiger partial charge in [-0.1, -0.05) is 54.6 Å². The fourth-order valence-corrected chi connectivity index (χ4v) is 3.07. The summed E-state index contributed by atoms with van der Waals surface area (Å²) in [4.78, 5) is 4.29. The second-order valence-corrected chi connectivity index (χ2v) is 5.61. The molecule has 4 aromatic rings. The predicted octanol–water partition coefficient (Wildman–Crippen LogP) is 4.39. The highest BCUT2D eigenvalue weighted by molar-refractivity contribution is 5.90. The molecule has 0 radical (unpaired) electrons. The van der Waals surface area contributed by atoms with Crippen LogP contribution in [0.5, 0.6) is 11.6 Å². The molecule has 0 saturated carbocycles. The second kappa shape index (κ2) is 5.29. The van der Waals surface area contributed by atoms with Crippen LogP contribution < -0.4 is 0 Å². The fraction of sp³-hybridized carbons (Fsp3) is 0.0500. The van der Waals surface area contributed by atoms with Gasteiger partial charge in [-0.15, -0.1) is 0 Å². The summed E-state index contributed by atoms with van der Waals surface area (Å²) in [5, 5.41) is 24.2. The topological polar surface area (TPSA) is 53.4 Å². The van der Waals surface area contributed by atoms with Gasteiger partial charge in [-0.05, 0) is 22.2 Å². The van der Waals surface area contributed by atoms with Crippen LogP contribution in [-0.4, -0.2) is 15.2 Å². The van der Waals surface area contributed by atoms with Crippen molar-refractivity contribution in [1.29, 1.82) is 0 Å². The molecule has 3 heteroatoms. The molecule has 23 heavy (non-hydrogen) atoms. The van der Waals surface area contributed by atoms with E-state index in [4.69, 9.17) is 0 Å². The van der Waals surface area contributed by atoms with Crippen LogP contribution in [0.15, 0.2) is 66.7 Å². The van der Waals surface area contributed by atoms with Crippen molar-refractivity contribution in [3.8, 4) is 11.6 Å². The van der Waals surface area contributed by atoms with E-state index in [1.165, 1.54) is 0 Å². The third-order valence-corrected chi connectivity index (χ3v) is 4.17. The monoisotopic (exact) mass is 301 g/mol. The number of rotatable bonds is 2. The molecule has 1 aromatic heterocycles. The summed E-state index contributed by atoms with van der Waals surface area (Å²) in [5.74, 6) is 0.247. The summed E-state index contributed by atoms with van der Waals surface area (Å²) >= 11 is 0. The van der Waals surface area contributed by atoms with E-state index in [1.807, 2.05) is 54.6 Å². The van der Waals surface area contributed by atoms with Gasteiger partial charge in [-0.2, -0.15) is 0 Å². The lowest BCUT2D eigenvalue weighted by atomic mass is 9.97. The summed E-state index contributed by atoms with van der Waals surface area (Å²) in [6.45, 7) is 0. The van der Waals surface area contributed by atoms with E-state index in [0.29, 0.717) is 6.42 Å². The van der Waals surface area contributed by atoms with Crippen molar-refractivity contribution in [3.05, 3.63) is 78.0 Å². The first-order valence-electron chi connectivity index (χ1n) is 7.49. The second-order valence-electron chi connectivity index (χ2n) is 5.61. The average Bonchev–Trinajstić information content (AvgIpc) is 2.57. The van der Waals surface area contributed by atoms with Crippen molar-refractivity contribution < 1.29 is 10.2 Å². The number of phenolic OH excluding ortho intramolecular Hbond substituents is 1. The normalized spacial score (nSPS) is 11.1. The molecule has 0 unspecified atom stereocenters. The third kappa shape index (κ3) is 2.36. The molecule has 3 aromatic carbocycles. The summed E-state index contributed by atoms with van der Waals surface area (Å²) < 4.78 is 0. The number of fused-ring (bicyclic) bond motifs is 2. The molecule has 112 valence electrons. The van der Waals surface area contributed by atoms with Crippen LogP contribution >= 0.6 is 0 Å². The maximum Gasteiger partial charge on any atom is 0.211 e. The zero-order valence-corrected chi connectivity index (χ0v) is 12.4. The number of pyridine rings is 1. The summed E-state index contributed by atoms with van der Waals surface area (Å²) in [7, 11) is 0. The van der Waals surface area contributed by atoms with Crippen molar-refractivity contribution in [2.24, 2.45) is 0 Å². The number of aromatic hydroxyl groups is 2. The molecule has 1 heterocycles. The van der Waals surface area contributed by atoms with E-state index in [9.17, 15) is 10.2 Å². The Morgan fingerprint density at radius 1 is 0.739 bits per heavy atom. The van der Waals surface area contributed by atoms with Gasteiger partial charge in [0.15, 0.2) is 0 Å². The minimum Gasteiger partial charge on any atom is -0.508 e. The molecule has 0 aliphatic carbocycles. The minimum absolute atomic E-state index is 0.00146. The number of aromatic nitrogens is 1. The third-order valence-electron chi connectivity index (χ3n) is 4.17. The van der Waals surface area contributed by atoms with Crippen LogP contribution in [0, 0.1) is 0 Å². The summed E-state index contributed by atoms with van der Waals surface area (Å²) in [6, 6.07) is 21.0. The highest BCUT2D eigenvalue weighted by atomic mass is 16.3. The summed E-state index contributed by atoms with van der Waals surface area (Å²) in [5.41, 5.74) is 1.58. The standard InChI is InChI=1S/C20H15NO2/c22-19-10-9-13-5-1-3-7-15(13)17(19)12-18-16-8-4-2-6-14(16)11-20(23)21-18/h1-11,22H,12H2,(H,21,23). The largest absolute Gasteiger partial charge is 0.508 e. The van der Waals surface area contributed by atoms with Crippen molar-refractivity contribution in [2.45, 2.75) is 6.42 Å². The van der Waals surface area contributed by atoms with E-state index < -0.39 is 0 Å². The Labute approximate surface area is 133 Å². The van der Waals surface area contributed by atoms with Crippen LogP contribution in [-0.2, 0) is 6.42 Å². The van der Waals surface area contributed by atoms with Gasteiger partial charge in [-0.3, -0.25) is 0 Å². The lowest BCUT2D eigenvalue weighted by Crippen LogP contribution is -1.96. The highest BCUT2D eigenvalue weighted by Gasteiger charge is 2.12. The van der Waals surface area contributed by atoms with Gasteiger partial charge in [0.25, 0.3) is 0 Å². The lowest BCUT2D eigenvalue weighted by molar-refractivity contribution is 0.452. The number of hydrogen-bond acceptors (Lipinski definition) is 3. The molecule has 0 aliphatic heterocycles. The lowest BCUT2D eigenvalue weighted by Gasteiger charge is -2.11. The van der Waals surface area contributed by atoms with Crippen molar-refractivity contribution in [3.63, 3.8) is 0 Å². The predicted molar refractivity (Wildman–Crippen MR) is 91.8 cm³/mol. The number of nitrogens with zero attached hydrogens (tertiary/aromatic N) is 1. The number of hydrogen-bond donors (Lipinski definition) is 2. The minimum atomic E-state index is -0.00146. The van der Waals surface area contributed by atoms with Crippen LogP contribution in [0.2, 0.25) is 0 Å². The zero-order chi connectivity index (χ0) is 15.8. The van der Waals surface area contributed by atoms with Crippen molar-refractivity contribution in [2.75, 3.05) is 0 Å². The highest BCUT2D eigenvalue weighted by Crippen LogP contribution is 2.31. The fourth-order valence-electron chi connectivity index (χ4n) is 3.07. The summed E-state index contributed by atoms with van der Waals surface area (Å²) in [6.07, 6.45) is 0.460. The molecule has 0 atom stereocenters. The Morgan fingerprint density at radius 2 is 1.43 bits per heavy atom. The molecule has 0 bridgehead atoms. The Morgan fingerprint density at radius 3 is 2.26 bits per heavy atom. The van der Waals surface area contributed by atoms with Crippen LogP contribution in [0.3, 0.4) is 0 Å². The van der Waals surface area contributed by atoms with E-state index in [0.717, 1.165) is 32.8 Å².